The van der Waals surface area contributed by atoms with E-state index in [0.29, 0.717) is 10.8 Å². The number of benzene rings is 4. The number of aryl methyl sites for hydroxylation is 2. The summed E-state index contributed by atoms with van der Waals surface area (Å²) in [7, 11) is 0. The van der Waals surface area contributed by atoms with Gasteiger partial charge in [0.25, 0.3) is 0 Å². The molecule has 6 rings (SSSR count). The fourth-order valence-corrected chi connectivity index (χ4v) is 4.20. The molecule has 0 aliphatic carbocycles. The molecular weight excluding hydrogens is 551 g/mol. The van der Waals surface area contributed by atoms with Crippen molar-refractivity contribution in [1.29, 1.82) is 0 Å². The Morgan fingerprint density at radius 2 is 0.952 bits per heavy atom. The van der Waals surface area contributed by atoms with Gasteiger partial charge in [0, 0.05) is 10.8 Å². The molecule has 0 bridgehead atoms. The summed E-state index contributed by atoms with van der Waals surface area (Å²) < 4.78 is 0. The molecule has 0 aliphatic heterocycles. The van der Waals surface area contributed by atoms with Crippen molar-refractivity contribution in [2.75, 3.05) is 0 Å². The first-order chi connectivity index (χ1) is 19.6. The molecule has 0 unspecified atom stereocenters. The molecule has 0 saturated carbocycles. The van der Waals surface area contributed by atoms with E-state index in [4.69, 9.17) is 10.2 Å². The van der Waals surface area contributed by atoms with E-state index in [9.17, 15) is 24.9 Å². The van der Waals surface area contributed by atoms with Crippen LogP contribution in [0.2, 0.25) is 0 Å². The molecule has 0 radical (unpaired) electrons. The van der Waals surface area contributed by atoms with Crippen molar-refractivity contribution in [3.05, 3.63) is 114 Å². The van der Waals surface area contributed by atoms with Crippen LogP contribution in [0.15, 0.2) is 91.0 Å². The second-order valence-corrected chi connectivity index (χ2v) is 9.04. The molecule has 2 heterocycles. The van der Waals surface area contributed by atoms with Gasteiger partial charge in [-0.05, 0) is 47.9 Å². The molecule has 0 spiro atoms. The summed E-state index contributed by atoms with van der Waals surface area (Å²) in [4.78, 5) is 29.1. The molecule has 0 saturated heterocycles. The summed E-state index contributed by atoms with van der Waals surface area (Å²) in [5.74, 6) is -2.65. The fraction of sp³-hybridized carbons (Fsp3) is 0.0625. The minimum absolute atomic E-state index is 0. The Morgan fingerprint density at radius 1 is 0.571 bits per heavy atom. The summed E-state index contributed by atoms with van der Waals surface area (Å²) >= 11 is 0. The van der Waals surface area contributed by atoms with Gasteiger partial charge in [-0.1, -0.05) is 90.4 Å². The van der Waals surface area contributed by atoms with Gasteiger partial charge in [0.15, 0.2) is 0 Å². The second-order valence-electron chi connectivity index (χ2n) is 9.04. The van der Waals surface area contributed by atoms with Crippen LogP contribution >= 0.6 is 0 Å². The number of fused-ring (bicyclic) bond motifs is 3. The SMILES string of the molecule is Cc1cc(C(=O)O)nc2c([O-])cccc12.Cc1cc(C(=O)O)nc2c([O-])cccc12.[Al+3].[O-]c1cccc2ccccc12. The average molecular weight is 575 g/mol. The first kappa shape index (κ1) is 31.4. The van der Waals surface area contributed by atoms with Crippen LogP contribution in [0.5, 0.6) is 17.2 Å². The molecule has 2 aromatic heterocycles. The maximum absolute atomic E-state index is 11.5. The largest absolute Gasteiger partial charge is 3.00 e. The van der Waals surface area contributed by atoms with Gasteiger partial charge in [-0.3, -0.25) is 0 Å². The number of hydrogen-bond donors (Lipinski definition) is 2. The van der Waals surface area contributed by atoms with E-state index in [1.54, 1.807) is 50.2 Å². The maximum Gasteiger partial charge on any atom is 3.00 e. The zero-order chi connectivity index (χ0) is 29.7. The molecule has 0 amide bonds. The molecular formula is C32H23AlN2O7. The van der Waals surface area contributed by atoms with E-state index in [1.807, 2.05) is 30.3 Å². The van der Waals surface area contributed by atoms with E-state index in [2.05, 4.69) is 9.97 Å². The summed E-state index contributed by atoms with van der Waals surface area (Å²) in [6.07, 6.45) is 0. The van der Waals surface area contributed by atoms with Crippen LogP contribution in [-0.4, -0.2) is 49.5 Å². The Morgan fingerprint density at radius 3 is 1.40 bits per heavy atom. The summed E-state index contributed by atoms with van der Waals surface area (Å²) in [6.45, 7) is 3.52. The van der Waals surface area contributed by atoms with Crippen LogP contribution in [0.25, 0.3) is 32.6 Å². The third kappa shape index (κ3) is 6.93. The maximum atomic E-state index is 11.5. The normalized spacial score (nSPS) is 10.1. The van der Waals surface area contributed by atoms with Gasteiger partial charge in [0.05, 0.1) is 11.0 Å². The van der Waals surface area contributed by atoms with Crippen molar-refractivity contribution in [2.45, 2.75) is 13.8 Å². The third-order valence-corrected chi connectivity index (χ3v) is 6.21. The topological polar surface area (TPSA) is 170 Å². The number of nitrogens with zero attached hydrogens (tertiary/aromatic N) is 2. The third-order valence-electron chi connectivity index (χ3n) is 6.21. The molecule has 0 atom stereocenters. The van der Waals surface area contributed by atoms with E-state index in [1.165, 1.54) is 24.3 Å². The van der Waals surface area contributed by atoms with Gasteiger partial charge in [-0.2, -0.15) is 0 Å². The summed E-state index contributed by atoms with van der Waals surface area (Å²) in [6, 6.07) is 25.4. The molecule has 0 aliphatic rings. The number of carboxylic acid groups (broad SMARTS) is 2. The van der Waals surface area contributed by atoms with Crippen LogP contribution in [0.1, 0.15) is 32.1 Å². The Labute approximate surface area is 251 Å². The van der Waals surface area contributed by atoms with E-state index >= 15 is 0 Å². The predicted molar refractivity (Wildman–Crippen MR) is 155 cm³/mol. The number of aromatic nitrogens is 2. The molecule has 10 heteroatoms. The van der Waals surface area contributed by atoms with Crippen LogP contribution in [0, 0.1) is 13.8 Å². The van der Waals surface area contributed by atoms with Crippen molar-refractivity contribution in [2.24, 2.45) is 0 Å². The van der Waals surface area contributed by atoms with Crippen molar-refractivity contribution < 1.29 is 35.1 Å². The Hall–Kier alpha value is -5.17. The summed E-state index contributed by atoms with van der Waals surface area (Å²) in [5.41, 5.74) is 1.74. The number of para-hydroxylation sites is 2. The van der Waals surface area contributed by atoms with Crippen LogP contribution in [0.4, 0.5) is 0 Å². The Kier molecular flexibility index (Phi) is 10.1. The minimum atomic E-state index is -1.12. The molecule has 9 nitrogen and oxygen atoms in total. The molecule has 0 fully saturated rings. The van der Waals surface area contributed by atoms with Crippen molar-refractivity contribution >= 4 is 61.9 Å². The summed E-state index contributed by atoms with van der Waals surface area (Å²) in [5, 5.41) is 54.9. The standard InChI is InChI=1S/2C11H9NO3.C10H8O.Al/c2*1-6-5-8(11(14)15)12-10-7(6)3-2-4-9(10)13;11-10-7-3-5-8-4-1-2-6-9(8)10;/h2*2-5,13H,1H3,(H,14,15);1-7,11H;/q;;;+3/p-3. The second kappa shape index (κ2) is 13.5. The van der Waals surface area contributed by atoms with Gasteiger partial charge >= 0.3 is 29.3 Å². The van der Waals surface area contributed by atoms with Crippen molar-refractivity contribution in [3.63, 3.8) is 0 Å². The van der Waals surface area contributed by atoms with Gasteiger partial charge in [-0.15, -0.1) is 5.75 Å². The fourth-order valence-electron chi connectivity index (χ4n) is 4.20. The predicted octanol–water partition coefficient (Wildman–Crippen LogP) is 4.16. The molecule has 2 N–H and O–H groups in total. The van der Waals surface area contributed by atoms with Crippen molar-refractivity contribution in [1.82, 2.24) is 9.97 Å². The average Bonchev–Trinajstić information content (AvgIpc) is 2.95. The van der Waals surface area contributed by atoms with Crippen molar-refractivity contribution in [3.8, 4) is 17.2 Å². The van der Waals surface area contributed by atoms with Crippen LogP contribution in [-0.2, 0) is 0 Å². The van der Waals surface area contributed by atoms with Crippen LogP contribution < -0.4 is 15.3 Å². The number of pyridine rings is 2. The Bertz CT molecular complexity index is 1820. The number of rotatable bonds is 2. The van der Waals surface area contributed by atoms with E-state index in [-0.39, 0.29) is 57.0 Å². The zero-order valence-electron chi connectivity index (χ0n) is 22.6. The quantitative estimate of drug-likeness (QED) is 0.288. The molecule has 4 aromatic carbocycles. The first-order valence-corrected chi connectivity index (χ1v) is 12.3. The minimum Gasteiger partial charge on any atom is -0.872 e. The van der Waals surface area contributed by atoms with Gasteiger partial charge in [0.1, 0.15) is 11.4 Å². The van der Waals surface area contributed by atoms with Gasteiger partial charge < -0.3 is 25.5 Å². The van der Waals surface area contributed by atoms with E-state index in [0.717, 1.165) is 21.9 Å². The van der Waals surface area contributed by atoms with E-state index < -0.39 is 11.9 Å². The number of carbonyl (C=O) groups is 2. The number of aromatic carboxylic acids is 2. The zero-order valence-corrected chi connectivity index (χ0v) is 23.7. The number of hydrogen-bond acceptors (Lipinski definition) is 7. The number of carboxylic acids is 2. The molecule has 206 valence electrons. The first-order valence-electron chi connectivity index (χ1n) is 12.3. The molecule has 6 aromatic rings. The monoisotopic (exact) mass is 574 g/mol. The van der Waals surface area contributed by atoms with Gasteiger partial charge in [-0.25, -0.2) is 19.6 Å². The van der Waals surface area contributed by atoms with Gasteiger partial charge in [0.2, 0.25) is 0 Å². The smallest absolute Gasteiger partial charge is 0.872 e. The van der Waals surface area contributed by atoms with Crippen LogP contribution in [0.3, 0.4) is 0 Å². The molecule has 42 heavy (non-hydrogen) atoms. The Balaban J connectivity index is 0.000000173.